The van der Waals surface area contributed by atoms with E-state index in [-0.39, 0.29) is 0 Å². The molecule has 3 aromatic heterocycles. The summed E-state index contributed by atoms with van der Waals surface area (Å²) in [6.07, 6.45) is 2.56. The van der Waals surface area contributed by atoms with Crippen LogP contribution in [0, 0.1) is 0 Å². The molecule has 0 aliphatic carbocycles. The summed E-state index contributed by atoms with van der Waals surface area (Å²) in [6.45, 7) is 0.622. The maximum Gasteiger partial charge on any atom is 0.178 e. The van der Waals surface area contributed by atoms with Crippen LogP contribution in [0.15, 0.2) is 23.7 Å². The molecule has 0 aliphatic heterocycles. The topological polar surface area (TPSA) is 69.6 Å². The minimum Gasteiger partial charge on any atom is -0.330 e. The molecule has 18 heavy (non-hydrogen) atoms. The largest absolute Gasteiger partial charge is 0.330 e. The highest BCUT2D eigenvalue weighted by molar-refractivity contribution is 7.09. The molecule has 3 rings (SSSR count). The number of aryl methyl sites for hydroxylation is 1. The van der Waals surface area contributed by atoms with Gasteiger partial charge in [-0.25, -0.2) is 15.0 Å². The number of nitrogens with two attached hydrogens (primary N) is 1. The molecule has 0 unspecified atom stereocenters. The number of nitrogens with zero attached hydrogens (tertiary/aromatic N) is 4. The highest BCUT2D eigenvalue weighted by atomic mass is 32.1. The Labute approximate surface area is 108 Å². The van der Waals surface area contributed by atoms with Gasteiger partial charge in [0.1, 0.15) is 5.69 Å². The normalized spacial score (nSPS) is 11.2. The fourth-order valence-electron chi connectivity index (χ4n) is 1.91. The van der Waals surface area contributed by atoms with Gasteiger partial charge < -0.3 is 10.3 Å². The molecule has 0 bridgehead atoms. The van der Waals surface area contributed by atoms with E-state index in [1.165, 1.54) is 0 Å². The molecule has 0 fully saturated rings. The first-order chi connectivity index (χ1) is 8.79. The van der Waals surface area contributed by atoms with E-state index in [4.69, 9.17) is 5.73 Å². The Morgan fingerprint density at radius 1 is 1.39 bits per heavy atom. The molecular formula is C12H13N5S. The maximum atomic E-state index is 5.54. The van der Waals surface area contributed by atoms with Crippen LogP contribution in [-0.2, 0) is 13.5 Å². The van der Waals surface area contributed by atoms with Crippen LogP contribution >= 0.6 is 11.3 Å². The van der Waals surface area contributed by atoms with Gasteiger partial charge in [0, 0.05) is 25.0 Å². The molecule has 5 nitrogen and oxygen atoms in total. The van der Waals surface area contributed by atoms with Crippen molar-refractivity contribution in [2.45, 2.75) is 6.42 Å². The zero-order chi connectivity index (χ0) is 12.5. The predicted molar refractivity (Wildman–Crippen MR) is 72.4 cm³/mol. The van der Waals surface area contributed by atoms with Crippen molar-refractivity contribution >= 4 is 22.5 Å². The quantitative estimate of drug-likeness (QED) is 0.775. The van der Waals surface area contributed by atoms with Crippen LogP contribution in [0.3, 0.4) is 0 Å². The minimum atomic E-state index is 0.622. The zero-order valence-electron chi connectivity index (χ0n) is 10.00. The summed E-state index contributed by atoms with van der Waals surface area (Å²) in [5, 5.41) is 3.07. The summed E-state index contributed by atoms with van der Waals surface area (Å²) in [7, 11) is 1.98. The lowest BCUT2D eigenvalue weighted by Gasteiger charge is -1.97. The highest BCUT2D eigenvalue weighted by Gasteiger charge is 2.13. The number of imidazole rings is 1. The maximum absolute atomic E-state index is 5.54. The molecule has 0 atom stereocenters. The Morgan fingerprint density at radius 2 is 2.28 bits per heavy atom. The van der Waals surface area contributed by atoms with Crippen LogP contribution in [0.1, 0.15) is 5.01 Å². The molecule has 0 spiro atoms. The number of fused-ring (bicyclic) bond motifs is 1. The molecule has 0 amide bonds. The van der Waals surface area contributed by atoms with Gasteiger partial charge in [0.15, 0.2) is 11.5 Å². The van der Waals surface area contributed by atoms with Crippen LogP contribution in [0.4, 0.5) is 0 Å². The second-order valence-corrected chi connectivity index (χ2v) is 4.95. The summed E-state index contributed by atoms with van der Waals surface area (Å²) in [6, 6.07) is 3.92. The zero-order valence-corrected chi connectivity index (χ0v) is 10.8. The summed E-state index contributed by atoms with van der Waals surface area (Å²) in [4.78, 5) is 13.3. The minimum absolute atomic E-state index is 0.622. The van der Waals surface area contributed by atoms with Gasteiger partial charge in [-0.3, -0.25) is 0 Å². The van der Waals surface area contributed by atoms with Gasteiger partial charge in [-0.05, 0) is 18.7 Å². The van der Waals surface area contributed by atoms with Crippen LogP contribution in [0.25, 0.3) is 22.7 Å². The van der Waals surface area contributed by atoms with Crippen LogP contribution < -0.4 is 5.73 Å². The lowest BCUT2D eigenvalue weighted by molar-refractivity contribution is 0.932. The van der Waals surface area contributed by atoms with E-state index < -0.39 is 0 Å². The third kappa shape index (κ3) is 1.79. The number of hydrogen-bond donors (Lipinski definition) is 1. The highest BCUT2D eigenvalue weighted by Crippen LogP contribution is 2.24. The smallest absolute Gasteiger partial charge is 0.178 e. The van der Waals surface area contributed by atoms with Gasteiger partial charge in [-0.15, -0.1) is 11.3 Å². The number of aromatic nitrogens is 4. The number of hydrogen-bond acceptors (Lipinski definition) is 5. The molecule has 92 valence electrons. The van der Waals surface area contributed by atoms with E-state index in [1.54, 1.807) is 17.5 Å². The SMILES string of the molecule is Cn1c(-c2csc(CCN)n2)nc2ncccc21. The third-order valence-corrected chi connectivity index (χ3v) is 3.70. The van der Waals surface area contributed by atoms with Crippen molar-refractivity contribution in [3.8, 4) is 11.5 Å². The lowest BCUT2D eigenvalue weighted by Crippen LogP contribution is -2.02. The van der Waals surface area contributed by atoms with Gasteiger partial charge in [-0.1, -0.05) is 0 Å². The van der Waals surface area contributed by atoms with Gasteiger partial charge in [0.05, 0.1) is 10.5 Å². The molecule has 3 heterocycles. The molecule has 0 saturated carbocycles. The average Bonchev–Trinajstić information content (AvgIpc) is 2.96. The van der Waals surface area contributed by atoms with E-state index in [2.05, 4.69) is 15.0 Å². The fraction of sp³-hybridized carbons (Fsp3) is 0.250. The van der Waals surface area contributed by atoms with Gasteiger partial charge >= 0.3 is 0 Å². The van der Waals surface area contributed by atoms with Gasteiger partial charge in [0.2, 0.25) is 0 Å². The van der Waals surface area contributed by atoms with Gasteiger partial charge in [-0.2, -0.15) is 0 Å². The Morgan fingerprint density at radius 3 is 3.06 bits per heavy atom. The molecule has 0 radical (unpaired) electrons. The second-order valence-electron chi connectivity index (χ2n) is 4.01. The van der Waals surface area contributed by atoms with E-state index >= 15 is 0 Å². The van der Waals surface area contributed by atoms with Crippen molar-refractivity contribution in [2.24, 2.45) is 12.8 Å². The molecular weight excluding hydrogens is 246 g/mol. The fourth-order valence-corrected chi connectivity index (χ4v) is 2.70. The molecule has 0 aromatic carbocycles. The standard InChI is InChI=1S/C12H13N5S/c1-17-9-3-2-6-14-11(9)16-12(17)8-7-18-10(15-8)4-5-13/h2-3,6-7H,4-5,13H2,1H3. The van der Waals surface area contributed by atoms with E-state index in [1.807, 2.05) is 29.1 Å². The van der Waals surface area contributed by atoms with Crippen molar-refractivity contribution in [3.63, 3.8) is 0 Å². The third-order valence-electron chi connectivity index (χ3n) is 2.80. The van der Waals surface area contributed by atoms with Crippen molar-refractivity contribution in [2.75, 3.05) is 6.54 Å². The van der Waals surface area contributed by atoms with Crippen molar-refractivity contribution < 1.29 is 0 Å². The Bertz CT molecular complexity index is 685. The molecule has 2 N–H and O–H groups in total. The van der Waals surface area contributed by atoms with Crippen LogP contribution in [0.2, 0.25) is 0 Å². The molecule has 0 saturated heterocycles. The number of thiazole rings is 1. The first kappa shape index (κ1) is 11.3. The number of rotatable bonds is 3. The van der Waals surface area contributed by atoms with Crippen LogP contribution in [0.5, 0.6) is 0 Å². The van der Waals surface area contributed by atoms with E-state index in [0.717, 1.165) is 34.1 Å². The molecule has 3 aromatic rings. The Kier molecular flexibility index (Phi) is 2.81. The van der Waals surface area contributed by atoms with E-state index in [0.29, 0.717) is 6.54 Å². The average molecular weight is 259 g/mol. The summed E-state index contributed by atoms with van der Waals surface area (Å²) < 4.78 is 2.02. The van der Waals surface area contributed by atoms with Crippen molar-refractivity contribution in [1.82, 2.24) is 19.5 Å². The summed E-state index contributed by atoms with van der Waals surface area (Å²) in [5.74, 6) is 0.850. The lowest BCUT2D eigenvalue weighted by atomic mass is 10.4. The first-order valence-corrected chi connectivity index (χ1v) is 6.60. The monoisotopic (exact) mass is 259 g/mol. The molecule has 0 aliphatic rings. The van der Waals surface area contributed by atoms with Crippen molar-refractivity contribution in [3.05, 3.63) is 28.7 Å². The predicted octanol–water partition coefficient (Wildman–Crippen LogP) is 1.59. The molecule has 6 heteroatoms. The summed E-state index contributed by atoms with van der Waals surface area (Å²) >= 11 is 1.62. The van der Waals surface area contributed by atoms with E-state index in [9.17, 15) is 0 Å². The Hall–Kier alpha value is -1.79. The van der Waals surface area contributed by atoms with Crippen molar-refractivity contribution in [1.29, 1.82) is 0 Å². The summed E-state index contributed by atoms with van der Waals surface area (Å²) in [5.41, 5.74) is 8.20. The second kappa shape index (κ2) is 4.47. The number of pyridine rings is 1. The first-order valence-electron chi connectivity index (χ1n) is 5.72. The Balaban J connectivity index is 2.10. The van der Waals surface area contributed by atoms with Crippen LogP contribution in [-0.4, -0.2) is 26.1 Å². The van der Waals surface area contributed by atoms with Gasteiger partial charge in [0.25, 0.3) is 0 Å².